The molecule has 0 atom stereocenters. The topological polar surface area (TPSA) is 36.4 Å². The van der Waals surface area contributed by atoms with E-state index in [0.717, 1.165) is 31.3 Å². The van der Waals surface area contributed by atoms with Crippen molar-refractivity contribution < 1.29 is 4.79 Å². The molecule has 2 aromatic carbocycles. The van der Waals surface area contributed by atoms with Gasteiger partial charge < -0.3 is 4.90 Å². The third-order valence-corrected chi connectivity index (χ3v) is 6.20. The highest BCUT2D eigenvalue weighted by Crippen LogP contribution is 2.31. The lowest BCUT2D eigenvalue weighted by Crippen LogP contribution is -2.36. The van der Waals surface area contributed by atoms with Gasteiger partial charge in [0.1, 0.15) is 0 Å². The minimum absolute atomic E-state index is 0.0161. The molecule has 0 aliphatic carbocycles. The lowest BCUT2D eigenvalue weighted by molar-refractivity contribution is 0.0985. The van der Waals surface area contributed by atoms with Crippen LogP contribution in [-0.2, 0) is 0 Å². The van der Waals surface area contributed by atoms with Crippen LogP contribution in [0.15, 0.2) is 51.8 Å². The number of carbonyl (C=O) groups excluding carboxylic acids is 1. The average molecular weight is 450 g/mol. The van der Waals surface area contributed by atoms with Crippen LogP contribution in [0.3, 0.4) is 0 Å². The highest BCUT2D eigenvalue weighted by atomic mass is 79.9. The van der Waals surface area contributed by atoms with Crippen LogP contribution in [0.4, 0.5) is 5.13 Å². The number of nitrogens with zero attached hydrogens (tertiary/aromatic N) is 3. The second-order valence-electron chi connectivity index (χ2n) is 6.10. The van der Waals surface area contributed by atoms with E-state index in [-0.39, 0.29) is 5.91 Å². The number of hydrogen-bond acceptors (Lipinski definition) is 5. The van der Waals surface area contributed by atoms with Gasteiger partial charge in [0, 0.05) is 28.0 Å². The average Bonchev–Trinajstić information content (AvgIpc) is 3.04. The van der Waals surface area contributed by atoms with E-state index in [9.17, 15) is 4.79 Å². The normalized spacial score (nSPS) is 11.3. The van der Waals surface area contributed by atoms with Crippen molar-refractivity contribution in [1.82, 2.24) is 9.88 Å². The minimum atomic E-state index is -0.0161. The molecule has 0 fully saturated rings. The Morgan fingerprint density at radius 2 is 1.88 bits per heavy atom. The number of likely N-dealkylation sites (N-methyl/N-ethyl adjacent to an activating group) is 1. The number of thiazole rings is 1. The molecule has 0 N–H and O–H groups in total. The Bertz CT molecular complexity index is 909. The lowest BCUT2D eigenvalue weighted by atomic mass is 10.2. The zero-order chi connectivity index (χ0) is 18.7. The lowest BCUT2D eigenvalue weighted by Gasteiger charge is -2.22. The molecule has 0 saturated heterocycles. The predicted molar refractivity (Wildman–Crippen MR) is 116 cm³/mol. The standard InChI is InChI=1S/C19H20BrN3OS2/c1-22(2)10-11-23(18(24)13-4-7-15(25-3)8-5-13)19-21-16-9-6-14(20)12-17(16)26-19/h4-9,12H,10-11H2,1-3H3. The van der Waals surface area contributed by atoms with Gasteiger partial charge in [0.05, 0.1) is 10.2 Å². The molecule has 26 heavy (non-hydrogen) atoms. The molecule has 0 radical (unpaired) electrons. The van der Waals surface area contributed by atoms with Crippen LogP contribution in [0.5, 0.6) is 0 Å². The number of fused-ring (bicyclic) bond motifs is 1. The van der Waals surface area contributed by atoms with Gasteiger partial charge in [0.2, 0.25) is 0 Å². The van der Waals surface area contributed by atoms with Crippen molar-refractivity contribution in [3.05, 3.63) is 52.5 Å². The molecule has 0 bridgehead atoms. The first-order valence-electron chi connectivity index (χ1n) is 8.14. The second-order valence-corrected chi connectivity index (χ2v) is 8.90. The quantitative estimate of drug-likeness (QED) is 0.496. The Morgan fingerprint density at radius 3 is 2.54 bits per heavy atom. The third kappa shape index (κ3) is 4.46. The zero-order valence-electron chi connectivity index (χ0n) is 14.9. The monoisotopic (exact) mass is 449 g/mol. The highest BCUT2D eigenvalue weighted by molar-refractivity contribution is 9.10. The summed E-state index contributed by atoms with van der Waals surface area (Å²) < 4.78 is 2.08. The molecule has 1 amide bonds. The van der Waals surface area contributed by atoms with Gasteiger partial charge in [-0.15, -0.1) is 11.8 Å². The van der Waals surface area contributed by atoms with Gasteiger partial charge in [0.15, 0.2) is 5.13 Å². The molecule has 0 saturated carbocycles. The van der Waals surface area contributed by atoms with Crippen molar-refractivity contribution >= 4 is 60.3 Å². The van der Waals surface area contributed by atoms with E-state index in [4.69, 9.17) is 4.98 Å². The molecular formula is C19H20BrN3OS2. The van der Waals surface area contributed by atoms with E-state index in [2.05, 4.69) is 20.8 Å². The first kappa shape index (κ1) is 19.4. The Labute approximate surface area is 170 Å². The molecule has 1 aromatic heterocycles. The predicted octanol–water partition coefficient (Wildman–Crippen LogP) is 4.99. The fourth-order valence-corrected chi connectivity index (χ4v) is 4.43. The maximum Gasteiger partial charge on any atom is 0.260 e. The summed E-state index contributed by atoms with van der Waals surface area (Å²) in [4.78, 5) is 22.9. The largest absolute Gasteiger partial charge is 0.308 e. The van der Waals surface area contributed by atoms with Gasteiger partial charge in [-0.25, -0.2) is 4.98 Å². The van der Waals surface area contributed by atoms with Crippen LogP contribution in [0, 0.1) is 0 Å². The molecule has 0 aliphatic heterocycles. The maximum absolute atomic E-state index is 13.2. The van der Waals surface area contributed by atoms with Gasteiger partial charge >= 0.3 is 0 Å². The smallest absolute Gasteiger partial charge is 0.260 e. The summed E-state index contributed by atoms with van der Waals surface area (Å²) >= 11 is 6.71. The number of anilines is 1. The molecule has 0 aliphatic rings. The van der Waals surface area contributed by atoms with Crippen LogP contribution in [0.25, 0.3) is 10.2 Å². The van der Waals surface area contributed by atoms with E-state index in [1.165, 1.54) is 0 Å². The number of rotatable bonds is 6. The molecule has 4 nitrogen and oxygen atoms in total. The van der Waals surface area contributed by atoms with Crippen LogP contribution in [-0.4, -0.2) is 49.2 Å². The number of benzene rings is 2. The Hall–Kier alpha value is -1.41. The van der Waals surface area contributed by atoms with Crippen molar-refractivity contribution in [2.24, 2.45) is 0 Å². The molecule has 1 heterocycles. The fraction of sp³-hybridized carbons (Fsp3) is 0.263. The highest BCUT2D eigenvalue weighted by Gasteiger charge is 2.21. The maximum atomic E-state index is 13.2. The number of halogens is 1. The number of aromatic nitrogens is 1. The Kier molecular flexibility index (Phi) is 6.34. The fourth-order valence-electron chi connectivity index (χ4n) is 2.48. The molecule has 136 valence electrons. The third-order valence-electron chi connectivity index (χ3n) is 3.92. The summed E-state index contributed by atoms with van der Waals surface area (Å²) in [5.41, 5.74) is 1.59. The van der Waals surface area contributed by atoms with Gasteiger partial charge in [0.25, 0.3) is 5.91 Å². The summed E-state index contributed by atoms with van der Waals surface area (Å²) in [6, 6.07) is 13.7. The Balaban J connectivity index is 1.95. The molecule has 0 spiro atoms. The van der Waals surface area contributed by atoms with Crippen molar-refractivity contribution in [2.75, 3.05) is 38.3 Å². The zero-order valence-corrected chi connectivity index (χ0v) is 18.1. The van der Waals surface area contributed by atoms with E-state index < -0.39 is 0 Å². The summed E-state index contributed by atoms with van der Waals surface area (Å²) in [6.45, 7) is 1.37. The van der Waals surface area contributed by atoms with Gasteiger partial charge in [-0.05, 0) is 62.8 Å². The molecule has 3 rings (SSSR count). The van der Waals surface area contributed by atoms with Crippen molar-refractivity contribution in [3.8, 4) is 0 Å². The summed E-state index contributed by atoms with van der Waals surface area (Å²) in [5.74, 6) is -0.0161. The van der Waals surface area contributed by atoms with E-state index in [1.54, 1.807) is 28.0 Å². The van der Waals surface area contributed by atoms with Crippen LogP contribution < -0.4 is 4.90 Å². The van der Waals surface area contributed by atoms with Gasteiger partial charge in [-0.1, -0.05) is 27.3 Å². The molecular weight excluding hydrogens is 430 g/mol. The number of thioether (sulfide) groups is 1. The summed E-state index contributed by atoms with van der Waals surface area (Å²) in [5, 5.41) is 0.735. The number of amides is 1. The number of carbonyl (C=O) groups is 1. The minimum Gasteiger partial charge on any atom is -0.308 e. The summed E-state index contributed by atoms with van der Waals surface area (Å²) in [6.07, 6.45) is 2.03. The molecule has 3 aromatic rings. The Morgan fingerprint density at radius 1 is 1.15 bits per heavy atom. The van der Waals surface area contributed by atoms with Crippen LogP contribution in [0.1, 0.15) is 10.4 Å². The van der Waals surface area contributed by atoms with Crippen molar-refractivity contribution in [1.29, 1.82) is 0 Å². The number of hydrogen-bond donors (Lipinski definition) is 0. The first-order valence-corrected chi connectivity index (χ1v) is 11.0. The van der Waals surface area contributed by atoms with Gasteiger partial charge in [-0.3, -0.25) is 9.69 Å². The van der Waals surface area contributed by atoms with Crippen molar-refractivity contribution in [3.63, 3.8) is 0 Å². The van der Waals surface area contributed by atoms with E-state index in [1.807, 2.05) is 62.8 Å². The van der Waals surface area contributed by atoms with Crippen LogP contribution >= 0.6 is 39.0 Å². The van der Waals surface area contributed by atoms with Crippen molar-refractivity contribution in [2.45, 2.75) is 4.90 Å². The molecule has 0 unspecified atom stereocenters. The van der Waals surface area contributed by atoms with E-state index in [0.29, 0.717) is 12.1 Å². The first-order chi connectivity index (χ1) is 12.5. The SMILES string of the molecule is CSc1ccc(C(=O)N(CCN(C)C)c2nc3ccc(Br)cc3s2)cc1. The van der Waals surface area contributed by atoms with Crippen LogP contribution in [0.2, 0.25) is 0 Å². The van der Waals surface area contributed by atoms with E-state index >= 15 is 0 Å². The van der Waals surface area contributed by atoms with Gasteiger partial charge in [-0.2, -0.15) is 0 Å². The summed E-state index contributed by atoms with van der Waals surface area (Å²) in [7, 11) is 4.01. The molecule has 7 heteroatoms. The second kappa shape index (κ2) is 8.52.